The smallest absolute Gasteiger partial charge is 0.0237 e. The SMILES string of the molecule is CC[C@H](N)CN1CCc2ccccc2C1. The summed E-state index contributed by atoms with van der Waals surface area (Å²) in [5.74, 6) is 0. The highest BCUT2D eigenvalue weighted by atomic mass is 15.1. The summed E-state index contributed by atoms with van der Waals surface area (Å²) in [5.41, 5.74) is 8.97. The molecule has 0 radical (unpaired) electrons. The molecule has 1 aromatic carbocycles. The van der Waals surface area contributed by atoms with Crippen molar-refractivity contribution in [3.05, 3.63) is 35.4 Å². The summed E-state index contributed by atoms with van der Waals surface area (Å²) in [6, 6.07) is 9.06. The summed E-state index contributed by atoms with van der Waals surface area (Å²) in [6.07, 6.45) is 2.24. The Hall–Kier alpha value is -0.860. The minimum atomic E-state index is 0.329. The van der Waals surface area contributed by atoms with Crippen molar-refractivity contribution in [2.45, 2.75) is 32.4 Å². The molecule has 0 saturated carbocycles. The van der Waals surface area contributed by atoms with Gasteiger partial charge in [0.2, 0.25) is 0 Å². The second kappa shape index (κ2) is 4.77. The number of nitrogens with two attached hydrogens (primary N) is 1. The van der Waals surface area contributed by atoms with Gasteiger partial charge in [0, 0.05) is 25.7 Å². The van der Waals surface area contributed by atoms with Crippen LogP contribution in [0.2, 0.25) is 0 Å². The average Bonchev–Trinajstić information content (AvgIpc) is 2.29. The van der Waals surface area contributed by atoms with Crippen LogP contribution in [0, 0.1) is 0 Å². The number of nitrogens with zero attached hydrogens (tertiary/aromatic N) is 1. The first-order valence-electron chi connectivity index (χ1n) is 5.84. The Morgan fingerprint density at radius 2 is 2.07 bits per heavy atom. The molecule has 2 rings (SSSR count). The second-order valence-corrected chi connectivity index (χ2v) is 4.42. The molecule has 0 fully saturated rings. The molecule has 1 aliphatic rings. The second-order valence-electron chi connectivity index (χ2n) is 4.42. The van der Waals surface area contributed by atoms with E-state index in [0.717, 1.165) is 26.1 Å². The molecule has 0 unspecified atom stereocenters. The number of rotatable bonds is 3. The van der Waals surface area contributed by atoms with Crippen LogP contribution in [-0.4, -0.2) is 24.0 Å². The Bertz CT molecular complexity index is 322. The van der Waals surface area contributed by atoms with Crippen LogP contribution in [0.3, 0.4) is 0 Å². The third-order valence-corrected chi connectivity index (χ3v) is 3.23. The molecule has 0 saturated heterocycles. The molecule has 2 nitrogen and oxygen atoms in total. The average molecular weight is 204 g/mol. The maximum Gasteiger partial charge on any atom is 0.0237 e. The lowest BCUT2D eigenvalue weighted by Crippen LogP contribution is -2.39. The predicted octanol–water partition coefficient (Wildman–Crippen LogP) is 1.78. The molecule has 2 heteroatoms. The summed E-state index contributed by atoms with van der Waals surface area (Å²) in [5, 5.41) is 0. The Morgan fingerprint density at radius 3 is 2.80 bits per heavy atom. The van der Waals surface area contributed by atoms with Crippen molar-refractivity contribution < 1.29 is 0 Å². The third kappa shape index (κ3) is 2.58. The van der Waals surface area contributed by atoms with Crippen LogP contribution in [0.15, 0.2) is 24.3 Å². The summed E-state index contributed by atoms with van der Waals surface area (Å²) in [6.45, 7) is 5.42. The van der Waals surface area contributed by atoms with Gasteiger partial charge in [-0.25, -0.2) is 0 Å². The molecule has 0 amide bonds. The van der Waals surface area contributed by atoms with Crippen LogP contribution in [0.1, 0.15) is 24.5 Å². The Balaban J connectivity index is 1.99. The van der Waals surface area contributed by atoms with Crippen LogP contribution in [0.4, 0.5) is 0 Å². The minimum Gasteiger partial charge on any atom is -0.327 e. The van der Waals surface area contributed by atoms with Gasteiger partial charge < -0.3 is 5.73 Å². The quantitative estimate of drug-likeness (QED) is 0.813. The molecule has 1 heterocycles. The van der Waals surface area contributed by atoms with Gasteiger partial charge in [-0.15, -0.1) is 0 Å². The van der Waals surface area contributed by atoms with Crippen LogP contribution in [0.25, 0.3) is 0 Å². The molecular weight excluding hydrogens is 184 g/mol. The number of benzene rings is 1. The molecule has 1 atom stereocenters. The fourth-order valence-corrected chi connectivity index (χ4v) is 2.17. The van der Waals surface area contributed by atoms with Gasteiger partial charge in [0.05, 0.1) is 0 Å². The summed E-state index contributed by atoms with van der Waals surface area (Å²) >= 11 is 0. The summed E-state index contributed by atoms with van der Waals surface area (Å²) in [4.78, 5) is 2.47. The molecular formula is C13H20N2. The van der Waals surface area contributed by atoms with E-state index in [0.29, 0.717) is 6.04 Å². The summed E-state index contributed by atoms with van der Waals surface area (Å²) < 4.78 is 0. The normalized spacial score (nSPS) is 18.5. The van der Waals surface area contributed by atoms with E-state index < -0.39 is 0 Å². The van der Waals surface area contributed by atoms with Gasteiger partial charge in [-0.1, -0.05) is 31.2 Å². The van der Waals surface area contributed by atoms with Crippen molar-refractivity contribution in [1.82, 2.24) is 4.90 Å². The van der Waals surface area contributed by atoms with Gasteiger partial charge in [0.1, 0.15) is 0 Å². The lowest BCUT2D eigenvalue weighted by atomic mass is 9.99. The van der Waals surface area contributed by atoms with Gasteiger partial charge >= 0.3 is 0 Å². The first-order valence-corrected chi connectivity index (χ1v) is 5.84. The van der Waals surface area contributed by atoms with E-state index in [2.05, 4.69) is 36.1 Å². The van der Waals surface area contributed by atoms with E-state index >= 15 is 0 Å². The number of hydrogen-bond donors (Lipinski definition) is 1. The van der Waals surface area contributed by atoms with Gasteiger partial charge in [-0.2, -0.15) is 0 Å². The van der Waals surface area contributed by atoms with E-state index in [1.807, 2.05) is 0 Å². The fourth-order valence-electron chi connectivity index (χ4n) is 2.17. The van der Waals surface area contributed by atoms with Crippen LogP contribution in [-0.2, 0) is 13.0 Å². The highest BCUT2D eigenvalue weighted by molar-refractivity contribution is 5.29. The number of fused-ring (bicyclic) bond motifs is 1. The van der Waals surface area contributed by atoms with Gasteiger partial charge in [0.15, 0.2) is 0 Å². The van der Waals surface area contributed by atoms with E-state index in [1.54, 1.807) is 0 Å². The van der Waals surface area contributed by atoms with Crippen molar-refractivity contribution in [1.29, 1.82) is 0 Å². The third-order valence-electron chi connectivity index (χ3n) is 3.23. The van der Waals surface area contributed by atoms with Crippen molar-refractivity contribution in [3.63, 3.8) is 0 Å². The molecule has 82 valence electrons. The molecule has 0 bridgehead atoms. The van der Waals surface area contributed by atoms with Gasteiger partial charge in [0.25, 0.3) is 0 Å². The number of hydrogen-bond acceptors (Lipinski definition) is 2. The lowest BCUT2D eigenvalue weighted by Gasteiger charge is -2.30. The monoisotopic (exact) mass is 204 g/mol. The van der Waals surface area contributed by atoms with Crippen molar-refractivity contribution in [3.8, 4) is 0 Å². The first kappa shape index (κ1) is 10.7. The fraction of sp³-hybridized carbons (Fsp3) is 0.538. The molecule has 0 aliphatic carbocycles. The molecule has 0 spiro atoms. The van der Waals surface area contributed by atoms with Crippen LogP contribution >= 0.6 is 0 Å². The van der Waals surface area contributed by atoms with E-state index in [-0.39, 0.29) is 0 Å². The van der Waals surface area contributed by atoms with E-state index in [1.165, 1.54) is 17.5 Å². The van der Waals surface area contributed by atoms with Crippen molar-refractivity contribution >= 4 is 0 Å². The lowest BCUT2D eigenvalue weighted by molar-refractivity contribution is 0.236. The zero-order valence-electron chi connectivity index (χ0n) is 9.45. The minimum absolute atomic E-state index is 0.329. The van der Waals surface area contributed by atoms with Crippen LogP contribution < -0.4 is 5.73 Å². The van der Waals surface area contributed by atoms with E-state index in [9.17, 15) is 0 Å². The largest absolute Gasteiger partial charge is 0.327 e. The topological polar surface area (TPSA) is 29.3 Å². The maximum absolute atomic E-state index is 5.98. The molecule has 0 aromatic heterocycles. The maximum atomic E-state index is 5.98. The summed E-state index contributed by atoms with van der Waals surface area (Å²) in [7, 11) is 0. The molecule has 1 aliphatic heterocycles. The Morgan fingerprint density at radius 1 is 1.33 bits per heavy atom. The van der Waals surface area contributed by atoms with Gasteiger partial charge in [-0.3, -0.25) is 4.90 Å². The Kier molecular flexibility index (Phi) is 3.39. The first-order chi connectivity index (χ1) is 7.29. The van der Waals surface area contributed by atoms with Crippen molar-refractivity contribution in [2.24, 2.45) is 5.73 Å². The molecule has 2 N–H and O–H groups in total. The van der Waals surface area contributed by atoms with E-state index in [4.69, 9.17) is 5.73 Å². The highest BCUT2D eigenvalue weighted by Gasteiger charge is 2.16. The zero-order chi connectivity index (χ0) is 10.7. The standard InChI is InChI=1S/C13H20N2/c1-2-13(14)10-15-8-7-11-5-3-4-6-12(11)9-15/h3-6,13H,2,7-10,14H2,1H3/t13-/m0/s1. The van der Waals surface area contributed by atoms with Crippen LogP contribution in [0.5, 0.6) is 0 Å². The Labute approximate surface area is 92.1 Å². The highest BCUT2D eigenvalue weighted by Crippen LogP contribution is 2.18. The molecule has 1 aromatic rings. The van der Waals surface area contributed by atoms with Crippen molar-refractivity contribution in [2.75, 3.05) is 13.1 Å². The zero-order valence-corrected chi connectivity index (χ0v) is 9.45. The molecule has 15 heavy (non-hydrogen) atoms. The predicted molar refractivity (Wildman–Crippen MR) is 63.7 cm³/mol. The van der Waals surface area contributed by atoms with Gasteiger partial charge in [-0.05, 0) is 24.0 Å².